The lowest BCUT2D eigenvalue weighted by Gasteiger charge is -2.44. The van der Waals surface area contributed by atoms with Crippen molar-refractivity contribution in [2.24, 2.45) is 5.92 Å². The molecule has 4 heteroatoms. The van der Waals surface area contributed by atoms with E-state index in [2.05, 4.69) is 52.4 Å². The van der Waals surface area contributed by atoms with Crippen molar-refractivity contribution in [2.75, 3.05) is 39.3 Å². The monoisotopic (exact) mass is 383 g/mol. The smallest absolute Gasteiger partial charge is 0.233 e. The van der Waals surface area contributed by atoms with E-state index in [1.165, 1.54) is 44.3 Å². The molecule has 3 aliphatic heterocycles. The predicted octanol–water partition coefficient (Wildman–Crippen LogP) is 3.42. The Morgan fingerprint density at radius 2 is 1.86 bits per heavy atom. The van der Waals surface area contributed by atoms with Gasteiger partial charge in [0.1, 0.15) is 0 Å². The Hall–Kier alpha value is -1.39. The van der Waals surface area contributed by atoms with Gasteiger partial charge in [-0.3, -0.25) is 4.79 Å². The van der Waals surface area contributed by atoms with Crippen LogP contribution in [0.25, 0.3) is 0 Å². The van der Waals surface area contributed by atoms with Crippen molar-refractivity contribution in [3.63, 3.8) is 0 Å². The molecule has 2 unspecified atom stereocenters. The van der Waals surface area contributed by atoms with Crippen molar-refractivity contribution < 1.29 is 4.79 Å². The molecule has 154 valence electrons. The maximum Gasteiger partial charge on any atom is 0.233 e. The minimum Gasteiger partial charge on any atom is -0.342 e. The minimum atomic E-state index is -0.327. The number of piperidine rings is 3. The van der Waals surface area contributed by atoms with Crippen molar-refractivity contribution >= 4 is 5.91 Å². The van der Waals surface area contributed by atoms with Gasteiger partial charge in [-0.2, -0.15) is 0 Å². The van der Waals surface area contributed by atoms with Crippen LogP contribution in [-0.4, -0.2) is 61.0 Å². The summed E-state index contributed by atoms with van der Waals surface area (Å²) in [4.78, 5) is 18.8. The van der Waals surface area contributed by atoms with E-state index in [-0.39, 0.29) is 5.41 Å². The molecule has 3 heterocycles. The first-order chi connectivity index (χ1) is 13.7. The van der Waals surface area contributed by atoms with Crippen LogP contribution < -0.4 is 5.32 Å². The summed E-state index contributed by atoms with van der Waals surface area (Å²) in [5.74, 6) is 1.02. The zero-order chi connectivity index (χ0) is 19.4. The average Bonchev–Trinajstić information content (AvgIpc) is 2.76. The molecule has 1 amide bonds. The van der Waals surface area contributed by atoms with Gasteiger partial charge in [-0.1, -0.05) is 36.8 Å². The molecule has 2 atom stereocenters. The molecule has 0 bridgehead atoms. The average molecular weight is 384 g/mol. The Labute approximate surface area is 170 Å². The fourth-order valence-electron chi connectivity index (χ4n) is 5.70. The number of nitrogens with one attached hydrogen (secondary N) is 1. The van der Waals surface area contributed by atoms with Gasteiger partial charge in [0.25, 0.3) is 0 Å². The highest BCUT2D eigenvalue weighted by atomic mass is 16.2. The first-order valence-corrected chi connectivity index (χ1v) is 11.5. The molecule has 0 aromatic heterocycles. The van der Waals surface area contributed by atoms with E-state index in [9.17, 15) is 4.79 Å². The molecule has 0 spiro atoms. The summed E-state index contributed by atoms with van der Waals surface area (Å²) in [5, 5.41) is 3.46. The Morgan fingerprint density at radius 3 is 2.61 bits per heavy atom. The summed E-state index contributed by atoms with van der Waals surface area (Å²) < 4.78 is 0. The predicted molar refractivity (Wildman–Crippen MR) is 114 cm³/mol. The normalized spacial score (nSPS) is 28.8. The lowest BCUT2D eigenvalue weighted by molar-refractivity contribution is -0.140. The maximum atomic E-state index is 13.9. The molecular formula is C24H37N3O. The number of nitrogens with zero attached hydrogens (tertiary/aromatic N) is 2. The summed E-state index contributed by atoms with van der Waals surface area (Å²) in [5.41, 5.74) is 0.889. The first kappa shape index (κ1) is 19.9. The van der Waals surface area contributed by atoms with Gasteiger partial charge in [0.2, 0.25) is 5.91 Å². The summed E-state index contributed by atoms with van der Waals surface area (Å²) in [6.07, 6.45) is 8.30. The fourth-order valence-corrected chi connectivity index (χ4v) is 5.70. The van der Waals surface area contributed by atoms with Gasteiger partial charge < -0.3 is 15.1 Å². The SMILES string of the molecule is CC1CCCCN1CC1CCCN(C(=O)C2(c3ccccc3)CCNCC2)C1. The van der Waals surface area contributed by atoms with Gasteiger partial charge in [-0.25, -0.2) is 0 Å². The minimum absolute atomic E-state index is 0.327. The highest BCUT2D eigenvalue weighted by Crippen LogP contribution is 2.37. The molecule has 3 aliphatic rings. The van der Waals surface area contributed by atoms with Crippen LogP contribution in [0, 0.1) is 5.92 Å². The van der Waals surface area contributed by atoms with Crippen LogP contribution in [0.2, 0.25) is 0 Å². The molecule has 1 N–H and O–H groups in total. The van der Waals surface area contributed by atoms with E-state index in [0.29, 0.717) is 17.9 Å². The van der Waals surface area contributed by atoms with Crippen LogP contribution in [0.4, 0.5) is 0 Å². The summed E-state index contributed by atoms with van der Waals surface area (Å²) in [6.45, 7) is 8.55. The van der Waals surface area contributed by atoms with Gasteiger partial charge in [-0.05, 0) is 76.6 Å². The highest BCUT2D eigenvalue weighted by molar-refractivity contribution is 5.88. The largest absolute Gasteiger partial charge is 0.342 e. The number of carbonyl (C=O) groups excluding carboxylic acids is 1. The lowest BCUT2D eigenvalue weighted by Crippen LogP contribution is -2.55. The van der Waals surface area contributed by atoms with Crippen molar-refractivity contribution in [3.05, 3.63) is 35.9 Å². The van der Waals surface area contributed by atoms with Gasteiger partial charge in [0.05, 0.1) is 5.41 Å². The third-order valence-electron chi connectivity index (χ3n) is 7.43. The second-order valence-electron chi connectivity index (χ2n) is 9.30. The number of amides is 1. The van der Waals surface area contributed by atoms with Gasteiger partial charge in [0.15, 0.2) is 0 Å². The third kappa shape index (κ3) is 4.13. The summed E-state index contributed by atoms with van der Waals surface area (Å²) in [6, 6.07) is 11.3. The zero-order valence-electron chi connectivity index (χ0n) is 17.5. The molecule has 28 heavy (non-hydrogen) atoms. The number of carbonyl (C=O) groups is 1. The van der Waals surface area contributed by atoms with Crippen LogP contribution in [-0.2, 0) is 10.2 Å². The zero-order valence-corrected chi connectivity index (χ0v) is 17.5. The molecule has 4 nitrogen and oxygen atoms in total. The first-order valence-electron chi connectivity index (χ1n) is 11.5. The van der Waals surface area contributed by atoms with Crippen molar-refractivity contribution in [1.29, 1.82) is 0 Å². The van der Waals surface area contributed by atoms with E-state index < -0.39 is 0 Å². The number of hydrogen-bond donors (Lipinski definition) is 1. The van der Waals surface area contributed by atoms with Gasteiger partial charge in [0, 0.05) is 25.7 Å². The Morgan fingerprint density at radius 1 is 1.07 bits per heavy atom. The maximum absolute atomic E-state index is 13.9. The number of hydrogen-bond acceptors (Lipinski definition) is 3. The van der Waals surface area contributed by atoms with Crippen LogP contribution in [0.5, 0.6) is 0 Å². The van der Waals surface area contributed by atoms with Crippen LogP contribution in [0.1, 0.15) is 57.4 Å². The summed E-state index contributed by atoms with van der Waals surface area (Å²) >= 11 is 0. The molecule has 0 aliphatic carbocycles. The molecule has 3 saturated heterocycles. The van der Waals surface area contributed by atoms with Crippen molar-refractivity contribution in [2.45, 2.75) is 63.3 Å². The summed E-state index contributed by atoms with van der Waals surface area (Å²) in [7, 11) is 0. The Bertz CT molecular complexity index is 641. The van der Waals surface area contributed by atoms with E-state index in [1.54, 1.807) is 0 Å². The van der Waals surface area contributed by atoms with Crippen molar-refractivity contribution in [1.82, 2.24) is 15.1 Å². The van der Waals surface area contributed by atoms with Crippen LogP contribution in [0.15, 0.2) is 30.3 Å². The topological polar surface area (TPSA) is 35.6 Å². The van der Waals surface area contributed by atoms with Gasteiger partial charge >= 0.3 is 0 Å². The molecule has 1 aromatic carbocycles. The second kappa shape index (κ2) is 8.96. The third-order valence-corrected chi connectivity index (χ3v) is 7.43. The number of benzene rings is 1. The molecule has 1 aromatic rings. The molecule has 3 fully saturated rings. The molecule has 0 saturated carbocycles. The fraction of sp³-hybridized carbons (Fsp3) is 0.708. The standard InChI is InChI=1S/C24H37N3O/c1-20-8-5-6-16-26(20)18-21-9-7-17-27(19-21)23(28)24(12-14-25-15-13-24)22-10-3-2-4-11-22/h2-4,10-11,20-21,25H,5-9,12-19H2,1H3. The van der Waals surface area contributed by atoms with Gasteiger partial charge in [-0.15, -0.1) is 0 Å². The number of likely N-dealkylation sites (tertiary alicyclic amines) is 2. The molecule has 4 rings (SSSR count). The van der Waals surface area contributed by atoms with E-state index in [1.807, 2.05) is 0 Å². The molecule has 0 radical (unpaired) electrons. The second-order valence-corrected chi connectivity index (χ2v) is 9.30. The Kier molecular flexibility index (Phi) is 6.37. The van der Waals surface area contributed by atoms with E-state index in [0.717, 1.165) is 45.4 Å². The quantitative estimate of drug-likeness (QED) is 0.865. The number of rotatable bonds is 4. The highest BCUT2D eigenvalue weighted by Gasteiger charge is 2.44. The van der Waals surface area contributed by atoms with E-state index in [4.69, 9.17) is 0 Å². The van der Waals surface area contributed by atoms with Crippen LogP contribution >= 0.6 is 0 Å². The van der Waals surface area contributed by atoms with Crippen LogP contribution in [0.3, 0.4) is 0 Å². The Balaban J connectivity index is 1.47. The van der Waals surface area contributed by atoms with E-state index >= 15 is 0 Å². The lowest BCUT2D eigenvalue weighted by atomic mass is 9.71. The molecular weight excluding hydrogens is 346 g/mol. The van der Waals surface area contributed by atoms with Crippen molar-refractivity contribution in [3.8, 4) is 0 Å².